The highest BCUT2D eigenvalue weighted by Crippen LogP contribution is 2.29. The van der Waals surface area contributed by atoms with Crippen molar-refractivity contribution in [3.05, 3.63) is 88.7 Å². The number of hydrogen-bond acceptors (Lipinski definition) is 5. The predicted molar refractivity (Wildman–Crippen MR) is 132 cm³/mol. The summed E-state index contributed by atoms with van der Waals surface area (Å²) in [6.45, 7) is 4.52. The Morgan fingerprint density at radius 1 is 0.970 bits per heavy atom. The number of nitrogens with zero attached hydrogens (tertiary/aromatic N) is 3. The van der Waals surface area contributed by atoms with E-state index in [1.165, 1.54) is 22.0 Å². The van der Waals surface area contributed by atoms with Crippen LogP contribution < -0.4 is 5.56 Å². The van der Waals surface area contributed by atoms with Crippen LogP contribution in [0.4, 0.5) is 0 Å². The number of rotatable bonds is 8. The second kappa shape index (κ2) is 10.0. The zero-order valence-electron chi connectivity index (χ0n) is 18.5. The topological polar surface area (TPSA) is 85.1 Å². The minimum absolute atomic E-state index is 0.181. The van der Waals surface area contributed by atoms with Crippen molar-refractivity contribution in [3.63, 3.8) is 0 Å². The van der Waals surface area contributed by atoms with E-state index in [4.69, 9.17) is 0 Å². The first-order valence-corrected chi connectivity index (χ1v) is 11.7. The first-order chi connectivity index (χ1) is 15.9. The summed E-state index contributed by atoms with van der Waals surface area (Å²) in [6, 6.07) is 23.4. The smallest absolute Gasteiger partial charge is 0.317 e. The number of carboxylic acid groups (broad SMARTS) is 1. The van der Waals surface area contributed by atoms with Gasteiger partial charge in [-0.3, -0.25) is 9.59 Å². The van der Waals surface area contributed by atoms with Crippen molar-refractivity contribution in [1.29, 1.82) is 0 Å². The number of hydrogen-bond donors (Lipinski definition) is 1. The van der Waals surface area contributed by atoms with Gasteiger partial charge in [0.2, 0.25) is 0 Å². The van der Waals surface area contributed by atoms with Gasteiger partial charge in [0.1, 0.15) is 10.8 Å². The lowest BCUT2D eigenvalue weighted by Crippen LogP contribution is -2.27. The van der Waals surface area contributed by atoms with Crippen LogP contribution in [0.2, 0.25) is 0 Å². The summed E-state index contributed by atoms with van der Waals surface area (Å²) in [5, 5.41) is 17.5. The average molecular weight is 460 g/mol. The van der Waals surface area contributed by atoms with Gasteiger partial charge in [-0.1, -0.05) is 67.6 Å². The van der Waals surface area contributed by atoms with Crippen molar-refractivity contribution < 1.29 is 9.90 Å². The van der Waals surface area contributed by atoms with Crippen LogP contribution in [0.15, 0.2) is 82.5 Å². The molecule has 1 heterocycles. The molecule has 168 valence electrons. The van der Waals surface area contributed by atoms with Crippen molar-refractivity contribution in [1.82, 2.24) is 15.0 Å². The Labute approximate surface area is 196 Å². The second-order valence-corrected chi connectivity index (χ2v) is 9.45. The molecule has 0 aliphatic heterocycles. The number of carbonyl (C=O) groups is 1. The third-order valence-electron chi connectivity index (χ3n) is 5.55. The number of benzene rings is 3. The van der Waals surface area contributed by atoms with Crippen molar-refractivity contribution >= 4 is 28.6 Å². The van der Waals surface area contributed by atoms with Gasteiger partial charge < -0.3 is 5.11 Å². The largest absolute Gasteiger partial charge is 0.480 e. The lowest BCUT2D eigenvalue weighted by Gasteiger charge is -2.13. The fraction of sp³-hybridized carbons (Fsp3) is 0.231. The van der Waals surface area contributed by atoms with Gasteiger partial charge in [0.05, 0.1) is 5.39 Å². The number of fused-ring (bicyclic) bond motifs is 1. The predicted octanol–water partition coefficient (Wildman–Crippen LogP) is 5.22. The molecule has 0 aliphatic carbocycles. The zero-order valence-corrected chi connectivity index (χ0v) is 19.3. The van der Waals surface area contributed by atoms with Gasteiger partial charge in [0.25, 0.3) is 5.56 Å². The number of aliphatic carboxylic acids is 1. The van der Waals surface area contributed by atoms with E-state index in [9.17, 15) is 14.7 Å². The van der Waals surface area contributed by atoms with Crippen LogP contribution in [0.5, 0.6) is 0 Å². The maximum atomic E-state index is 12.6. The maximum Gasteiger partial charge on any atom is 0.317 e. The van der Waals surface area contributed by atoms with E-state index in [1.807, 2.05) is 24.3 Å². The first kappa shape index (κ1) is 22.7. The molecule has 1 atom stereocenters. The maximum absolute atomic E-state index is 12.6. The molecule has 3 aromatic carbocycles. The van der Waals surface area contributed by atoms with Crippen molar-refractivity contribution in [2.75, 3.05) is 0 Å². The van der Waals surface area contributed by atoms with Gasteiger partial charge in [-0.15, -0.1) is 16.9 Å². The van der Waals surface area contributed by atoms with E-state index in [2.05, 4.69) is 48.4 Å². The van der Waals surface area contributed by atoms with Gasteiger partial charge in [-0.25, -0.2) is 4.68 Å². The summed E-state index contributed by atoms with van der Waals surface area (Å²) < 4.78 is 1.24. The standard InChI is InChI=1S/C26H25N3O3S/c1-17(2)18-7-9-19(10-8-18)20-11-13-21(14-12-20)33-24(26(31)32)15-16-29-25(30)22-5-3-4-6-23(22)27-28-29/h3-14,17,24H,15-16H2,1-2H3,(H,31,32). The molecule has 33 heavy (non-hydrogen) atoms. The summed E-state index contributed by atoms with van der Waals surface area (Å²) in [4.78, 5) is 25.3. The van der Waals surface area contributed by atoms with E-state index in [1.54, 1.807) is 24.3 Å². The van der Waals surface area contributed by atoms with Gasteiger partial charge in [0.15, 0.2) is 0 Å². The SMILES string of the molecule is CC(C)c1ccc(-c2ccc(SC(CCn3nnc4ccccc4c3=O)C(=O)O)cc2)cc1. The molecule has 6 nitrogen and oxygen atoms in total. The zero-order chi connectivity index (χ0) is 23.4. The minimum Gasteiger partial charge on any atom is -0.480 e. The first-order valence-electron chi connectivity index (χ1n) is 10.8. The third-order valence-corrected chi connectivity index (χ3v) is 6.82. The molecule has 0 saturated heterocycles. The van der Waals surface area contributed by atoms with E-state index in [0.29, 0.717) is 16.8 Å². The number of thioether (sulfide) groups is 1. The van der Waals surface area contributed by atoms with Gasteiger partial charge in [-0.2, -0.15) is 0 Å². The summed E-state index contributed by atoms with van der Waals surface area (Å²) in [7, 11) is 0. The van der Waals surface area contributed by atoms with Gasteiger partial charge >= 0.3 is 5.97 Å². The van der Waals surface area contributed by atoms with E-state index in [0.717, 1.165) is 16.0 Å². The van der Waals surface area contributed by atoms with Gasteiger partial charge in [0, 0.05) is 11.4 Å². The van der Waals surface area contributed by atoms with Crippen LogP contribution in [0, 0.1) is 0 Å². The molecule has 0 radical (unpaired) electrons. The Kier molecular flexibility index (Phi) is 6.89. The lowest BCUT2D eigenvalue weighted by atomic mass is 9.99. The molecule has 7 heteroatoms. The molecule has 4 rings (SSSR count). The normalized spacial score (nSPS) is 12.2. The summed E-state index contributed by atoms with van der Waals surface area (Å²) >= 11 is 1.27. The Morgan fingerprint density at radius 3 is 2.24 bits per heavy atom. The Morgan fingerprint density at radius 2 is 1.61 bits per heavy atom. The molecule has 0 spiro atoms. The molecule has 0 saturated carbocycles. The molecule has 1 aromatic heterocycles. The molecule has 1 unspecified atom stereocenters. The van der Waals surface area contributed by atoms with E-state index in [-0.39, 0.29) is 18.5 Å². The molecular weight excluding hydrogens is 434 g/mol. The third kappa shape index (κ3) is 5.31. The van der Waals surface area contributed by atoms with Crippen molar-refractivity contribution in [2.24, 2.45) is 0 Å². The van der Waals surface area contributed by atoms with Gasteiger partial charge in [-0.05, 0) is 53.3 Å². The fourth-order valence-corrected chi connectivity index (χ4v) is 4.54. The van der Waals surface area contributed by atoms with Crippen LogP contribution >= 0.6 is 11.8 Å². The Hall–Kier alpha value is -3.45. The number of carboxylic acids is 1. The van der Waals surface area contributed by atoms with Crippen LogP contribution in [0.25, 0.3) is 22.0 Å². The molecule has 0 amide bonds. The monoisotopic (exact) mass is 459 g/mol. The highest BCUT2D eigenvalue weighted by atomic mass is 32.2. The summed E-state index contributed by atoms with van der Waals surface area (Å²) in [5.74, 6) is -0.433. The van der Waals surface area contributed by atoms with E-state index < -0.39 is 11.2 Å². The van der Waals surface area contributed by atoms with Crippen molar-refractivity contribution in [3.8, 4) is 11.1 Å². The van der Waals surface area contributed by atoms with Crippen molar-refractivity contribution in [2.45, 2.75) is 42.9 Å². The number of aromatic nitrogens is 3. The Balaban J connectivity index is 1.44. The molecule has 0 fully saturated rings. The highest BCUT2D eigenvalue weighted by Gasteiger charge is 2.20. The molecule has 4 aromatic rings. The minimum atomic E-state index is -0.921. The second-order valence-electron chi connectivity index (χ2n) is 8.17. The molecule has 1 N–H and O–H groups in total. The average Bonchev–Trinajstić information content (AvgIpc) is 2.83. The molecule has 0 bridgehead atoms. The van der Waals surface area contributed by atoms with Crippen LogP contribution in [0.3, 0.4) is 0 Å². The van der Waals surface area contributed by atoms with E-state index >= 15 is 0 Å². The highest BCUT2D eigenvalue weighted by molar-refractivity contribution is 8.00. The summed E-state index contributed by atoms with van der Waals surface area (Å²) in [6.07, 6.45) is 0.255. The fourth-order valence-electron chi connectivity index (χ4n) is 3.59. The van der Waals surface area contributed by atoms with Crippen LogP contribution in [0.1, 0.15) is 31.7 Å². The Bertz CT molecular complexity index is 1320. The molecular formula is C26H25N3O3S. The number of aryl methyl sites for hydroxylation is 1. The van der Waals surface area contributed by atoms with Crippen LogP contribution in [-0.4, -0.2) is 31.3 Å². The summed E-state index contributed by atoms with van der Waals surface area (Å²) in [5.41, 5.74) is 3.77. The quantitative estimate of drug-likeness (QED) is 0.364. The van der Waals surface area contributed by atoms with Crippen LogP contribution in [-0.2, 0) is 11.3 Å². The lowest BCUT2D eigenvalue weighted by molar-refractivity contribution is -0.136. The molecule has 0 aliphatic rings.